The molecule has 3 rings (SSSR count). The highest BCUT2D eigenvalue weighted by Gasteiger charge is 2.31. The highest BCUT2D eigenvalue weighted by molar-refractivity contribution is 7.18. The van der Waals surface area contributed by atoms with Crippen molar-refractivity contribution in [2.24, 2.45) is 5.92 Å². The van der Waals surface area contributed by atoms with Crippen molar-refractivity contribution in [2.75, 3.05) is 5.32 Å². The minimum Gasteiger partial charge on any atom is -0.345 e. The van der Waals surface area contributed by atoms with E-state index in [0.717, 1.165) is 30.5 Å². The van der Waals surface area contributed by atoms with Crippen LogP contribution >= 0.6 is 11.3 Å². The lowest BCUT2D eigenvalue weighted by atomic mass is 10.1. The number of anilines is 1. The van der Waals surface area contributed by atoms with Crippen LogP contribution < -0.4 is 10.6 Å². The summed E-state index contributed by atoms with van der Waals surface area (Å²) in [7, 11) is 0. The summed E-state index contributed by atoms with van der Waals surface area (Å²) in [5.41, 5.74) is 0.589. The van der Waals surface area contributed by atoms with Gasteiger partial charge >= 0.3 is 6.18 Å². The standard InChI is InChI=1S/C19H19F3N2O2S/c1-10-9-15(24-17(25)13-3-4-13)27-16(10)18(26)23-11(2)12-5-7-14(8-6-12)19(20,21)22/h5-9,11,13H,3-4H2,1-2H3,(H,23,26)(H,24,25). The van der Waals surface area contributed by atoms with Crippen molar-refractivity contribution in [1.82, 2.24) is 5.32 Å². The molecule has 2 N–H and O–H groups in total. The van der Waals surface area contributed by atoms with Gasteiger partial charge in [0.15, 0.2) is 0 Å². The van der Waals surface area contributed by atoms with Crippen molar-refractivity contribution in [3.63, 3.8) is 0 Å². The van der Waals surface area contributed by atoms with Gasteiger partial charge in [-0.2, -0.15) is 13.2 Å². The van der Waals surface area contributed by atoms with Gasteiger partial charge in [0.2, 0.25) is 5.91 Å². The lowest BCUT2D eigenvalue weighted by molar-refractivity contribution is -0.137. The van der Waals surface area contributed by atoms with Gasteiger partial charge in [-0.25, -0.2) is 0 Å². The van der Waals surface area contributed by atoms with Gasteiger partial charge in [0, 0.05) is 5.92 Å². The Labute approximate surface area is 158 Å². The van der Waals surface area contributed by atoms with Crippen molar-refractivity contribution in [3.05, 3.63) is 51.9 Å². The zero-order chi connectivity index (χ0) is 19.8. The maximum Gasteiger partial charge on any atom is 0.416 e. The monoisotopic (exact) mass is 396 g/mol. The quantitative estimate of drug-likeness (QED) is 0.754. The summed E-state index contributed by atoms with van der Waals surface area (Å²) in [4.78, 5) is 24.8. The van der Waals surface area contributed by atoms with Crippen LogP contribution in [0, 0.1) is 12.8 Å². The van der Waals surface area contributed by atoms with E-state index < -0.39 is 17.8 Å². The number of hydrogen-bond donors (Lipinski definition) is 2. The summed E-state index contributed by atoms with van der Waals surface area (Å²) in [5.74, 6) is -0.275. The third-order valence-electron chi connectivity index (χ3n) is 4.40. The number of thiophene rings is 1. The lowest BCUT2D eigenvalue weighted by Gasteiger charge is -2.15. The Kier molecular flexibility index (Phi) is 5.28. The molecule has 0 aliphatic heterocycles. The van der Waals surface area contributed by atoms with Crippen LogP contribution in [0.3, 0.4) is 0 Å². The number of benzene rings is 1. The molecule has 144 valence electrons. The molecule has 1 aliphatic carbocycles. The molecule has 1 fully saturated rings. The van der Waals surface area contributed by atoms with Crippen LogP contribution in [0.5, 0.6) is 0 Å². The molecule has 2 amide bonds. The first-order valence-electron chi connectivity index (χ1n) is 8.54. The third kappa shape index (κ3) is 4.68. The fourth-order valence-electron chi connectivity index (χ4n) is 2.64. The molecule has 4 nitrogen and oxygen atoms in total. The Balaban J connectivity index is 1.65. The maximum absolute atomic E-state index is 12.6. The van der Waals surface area contributed by atoms with E-state index in [1.165, 1.54) is 23.5 Å². The first-order valence-corrected chi connectivity index (χ1v) is 9.36. The molecule has 1 aromatic carbocycles. The molecule has 1 aliphatic rings. The Bertz CT molecular complexity index is 855. The summed E-state index contributed by atoms with van der Waals surface area (Å²) < 4.78 is 37.9. The number of carbonyl (C=O) groups excluding carboxylic acids is 2. The summed E-state index contributed by atoms with van der Waals surface area (Å²) in [6.07, 6.45) is -2.59. The number of rotatable bonds is 5. The van der Waals surface area contributed by atoms with Crippen molar-refractivity contribution in [1.29, 1.82) is 0 Å². The summed E-state index contributed by atoms with van der Waals surface area (Å²) in [6.45, 7) is 3.49. The van der Waals surface area contributed by atoms with Crippen LogP contribution in [0.4, 0.5) is 18.2 Å². The average Bonchev–Trinajstić information content (AvgIpc) is 3.38. The second-order valence-electron chi connectivity index (χ2n) is 6.70. The Morgan fingerprint density at radius 3 is 2.37 bits per heavy atom. The third-order valence-corrected chi connectivity index (χ3v) is 5.56. The molecule has 27 heavy (non-hydrogen) atoms. The van der Waals surface area contributed by atoms with Gasteiger partial charge < -0.3 is 10.6 Å². The van der Waals surface area contributed by atoms with Crippen molar-refractivity contribution < 1.29 is 22.8 Å². The van der Waals surface area contributed by atoms with E-state index in [1.54, 1.807) is 19.9 Å². The fourth-order valence-corrected chi connectivity index (χ4v) is 3.62. The predicted octanol–water partition coefficient (Wildman–Crippen LogP) is 4.91. The van der Waals surface area contributed by atoms with E-state index in [2.05, 4.69) is 10.6 Å². The lowest BCUT2D eigenvalue weighted by Crippen LogP contribution is -2.26. The van der Waals surface area contributed by atoms with Gasteiger partial charge in [0.1, 0.15) is 0 Å². The number of aryl methyl sites for hydroxylation is 1. The SMILES string of the molecule is Cc1cc(NC(=O)C2CC2)sc1C(=O)NC(C)c1ccc(C(F)(F)F)cc1. The maximum atomic E-state index is 12.6. The molecule has 2 aromatic rings. The number of hydrogen-bond acceptors (Lipinski definition) is 3. The van der Waals surface area contributed by atoms with Crippen LogP contribution in [-0.2, 0) is 11.0 Å². The minimum absolute atomic E-state index is 0.0265. The van der Waals surface area contributed by atoms with Gasteiger partial charge in [-0.1, -0.05) is 12.1 Å². The first kappa shape index (κ1) is 19.4. The zero-order valence-corrected chi connectivity index (χ0v) is 15.6. The summed E-state index contributed by atoms with van der Waals surface area (Å²) in [6, 6.07) is 6.01. The molecule has 8 heteroatoms. The number of carbonyl (C=O) groups is 2. The van der Waals surface area contributed by atoms with E-state index in [-0.39, 0.29) is 17.7 Å². The molecule has 1 unspecified atom stereocenters. The van der Waals surface area contributed by atoms with E-state index in [0.29, 0.717) is 15.4 Å². The van der Waals surface area contributed by atoms with Gasteiger partial charge in [-0.3, -0.25) is 9.59 Å². The molecule has 1 saturated carbocycles. The van der Waals surface area contributed by atoms with E-state index in [9.17, 15) is 22.8 Å². The summed E-state index contributed by atoms with van der Waals surface area (Å²) in [5, 5.41) is 6.23. The highest BCUT2D eigenvalue weighted by atomic mass is 32.1. The Hall–Kier alpha value is -2.35. The molecular weight excluding hydrogens is 377 g/mol. The van der Waals surface area contributed by atoms with Crippen molar-refractivity contribution in [3.8, 4) is 0 Å². The Morgan fingerprint density at radius 2 is 1.81 bits per heavy atom. The van der Waals surface area contributed by atoms with Crippen LogP contribution in [0.2, 0.25) is 0 Å². The van der Waals surface area contributed by atoms with Gasteiger partial charge in [-0.15, -0.1) is 11.3 Å². The fraction of sp³-hybridized carbons (Fsp3) is 0.368. The van der Waals surface area contributed by atoms with E-state index in [1.807, 2.05) is 0 Å². The van der Waals surface area contributed by atoms with Crippen LogP contribution in [-0.4, -0.2) is 11.8 Å². The topological polar surface area (TPSA) is 58.2 Å². The smallest absolute Gasteiger partial charge is 0.345 e. The minimum atomic E-state index is -4.39. The normalized spacial score (nSPS) is 15.3. The largest absolute Gasteiger partial charge is 0.416 e. The second-order valence-corrected chi connectivity index (χ2v) is 7.75. The molecule has 0 radical (unpaired) electrons. The molecule has 1 atom stereocenters. The highest BCUT2D eigenvalue weighted by Crippen LogP contribution is 2.33. The predicted molar refractivity (Wildman–Crippen MR) is 97.7 cm³/mol. The molecule has 1 heterocycles. The number of alkyl halides is 3. The number of halogens is 3. The molecule has 1 aromatic heterocycles. The molecule has 0 bridgehead atoms. The van der Waals surface area contributed by atoms with Crippen LogP contribution in [0.25, 0.3) is 0 Å². The van der Waals surface area contributed by atoms with Gasteiger partial charge in [0.25, 0.3) is 5.91 Å². The van der Waals surface area contributed by atoms with E-state index >= 15 is 0 Å². The molecule has 0 spiro atoms. The van der Waals surface area contributed by atoms with Crippen molar-refractivity contribution in [2.45, 2.75) is 38.9 Å². The summed E-state index contributed by atoms with van der Waals surface area (Å²) >= 11 is 1.19. The Morgan fingerprint density at radius 1 is 1.19 bits per heavy atom. The number of nitrogens with one attached hydrogen (secondary N) is 2. The van der Waals surface area contributed by atoms with Gasteiger partial charge in [0.05, 0.1) is 21.5 Å². The molecule has 0 saturated heterocycles. The van der Waals surface area contributed by atoms with Crippen LogP contribution in [0.15, 0.2) is 30.3 Å². The zero-order valence-electron chi connectivity index (χ0n) is 14.8. The van der Waals surface area contributed by atoms with Crippen LogP contribution in [0.1, 0.15) is 52.2 Å². The number of amides is 2. The van der Waals surface area contributed by atoms with Crippen molar-refractivity contribution >= 4 is 28.2 Å². The molecular formula is C19H19F3N2O2S. The average molecular weight is 396 g/mol. The van der Waals surface area contributed by atoms with E-state index in [4.69, 9.17) is 0 Å². The van der Waals surface area contributed by atoms with Gasteiger partial charge in [-0.05, 0) is 56.0 Å². The first-order chi connectivity index (χ1) is 12.6. The second kappa shape index (κ2) is 7.34.